The van der Waals surface area contributed by atoms with Crippen LogP contribution in [0.3, 0.4) is 0 Å². The largest absolute Gasteiger partial charge is 0.493 e. The molecule has 0 aliphatic rings. The molecule has 21 heavy (non-hydrogen) atoms. The molecule has 0 aliphatic carbocycles. The van der Waals surface area contributed by atoms with E-state index in [0.29, 0.717) is 0 Å². The molecule has 112 valence electrons. The molecule has 0 bridgehead atoms. The van der Waals surface area contributed by atoms with Crippen molar-refractivity contribution in [2.45, 2.75) is 26.3 Å². The van der Waals surface area contributed by atoms with Crippen molar-refractivity contribution >= 4 is 0 Å². The summed E-state index contributed by atoms with van der Waals surface area (Å²) in [5, 5.41) is 3.23. The highest BCUT2D eigenvalue weighted by Crippen LogP contribution is 2.33. The lowest BCUT2D eigenvalue weighted by Crippen LogP contribution is -2.12. The molecule has 0 spiro atoms. The van der Waals surface area contributed by atoms with Gasteiger partial charge in [0, 0.05) is 6.04 Å². The van der Waals surface area contributed by atoms with Crippen molar-refractivity contribution in [2.24, 2.45) is 0 Å². The first-order valence-corrected chi connectivity index (χ1v) is 7.30. The quantitative estimate of drug-likeness (QED) is 0.857. The van der Waals surface area contributed by atoms with Crippen LogP contribution < -0.4 is 14.8 Å². The topological polar surface area (TPSA) is 30.5 Å². The molecule has 2 rings (SSSR count). The lowest BCUT2D eigenvalue weighted by atomic mass is 10.1. The van der Waals surface area contributed by atoms with Crippen LogP contribution in [0.15, 0.2) is 42.5 Å². The molecule has 0 saturated heterocycles. The highest BCUT2D eigenvalue weighted by molar-refractivity contribution is 5.46. The van der Waals surface area contributed by atoms with Crippen molar-refractivity contribution in [2.75, 3.05) is 14.2 Å². The molecule has 0 fully saturated rings. The number of nitrogens with one attached hydrogen (secondary N) is 1. The molecule has 2 aromatic carbocycles. The number of rotatable bonds is 6. The highest BCUT2D eigenvalue weighted by Gasteiger charge is 2.08. The molecule has 0 amide bonds. The minimum Gasteiger partial charge on any atom is -0.493 e. The Morgan fingerprint density at radius 1 is 1.10 bits per heavy atom. The Morgan fingerprint density at radius 2 is 1.90 bits per heavy atom. The molecule has 3 heteroatoms. The van der Waals surface area contributed by atoms with Gasteiger partial charge in [-0.25, -0.2) is 0 Å². The second-order valence-electron chi connectivity index (χ2n) is 5.02. The van der Waals surface area contributed by atoms with Crippen molar-refractivity contribution in [1.29, 1.82) is 0 Å². The third kappa shape index (κ3) is 3.76. The van der Waals surface area contributed by atoms with Crippen molar-refractivity contribution in [3.05, 3.63) is 53.6 Å². The molecule has 0 aliphatic heterocycles. The first-order valence-electron chi connectivity index (χ1n) is 7.30. The summed E-state index contributed by atoms with van der Waals surface area (Å²) >= 11 is 0. The van der Waals surface area contributed by atoms with E-state index in [1.165, 1.54) is 11.1 Å². The van der Waals surface area contributed by atoms with Crippen LogP contribution in [0.5, 0.6) is 17.2 Å². The maximum absolute atomic E-state index is 5.98. The van der Waals surface area contributed by atoms with E-state index in [9.17, 15) is 0 Å². The summed E-state index contributed by atoms with van der Waals surface area (Å²) in [5.74, 6) is 2.32. The predicted octanol–water partition coefficient (Wildman–Crippen LogP) is 4.33. The number of aryl methyl sites for hydroxylation is 1. The molecule has 1 N–H and O–H groups in total. The minimum absolute atomic E-state index is 0.290. The van der Waals surface area contributed by atoms with Crippen LogP contribution in [-0.4, -0.2) is 14.2 Å². The van der Waals surface area contributed by atoms with Crippen LogP contribution in [0, 0.1) is 0 Å². The Balaban J connectivity index is 2.25. The van der Waals surface area contributed by atoms with Crippen LogP contribution in [0.1, 0.15) is 31.0 Å². The van der Waals surface area contributed by atoms with Crippen molar-refractivity contribution in [1.82, 2.24) is 5.32 Å². The van der Waals surface area contributed by atoms with Gasteiger partial charge in [-0.3, -0.25) is 0 Å². The summed E-state index contributed by atoms with van der Waals surface area (Å²) < 4.78 is 11.4. The fourth-order valence-corrected chi connectivity index (χ4v) is 2.16. The molecular formula is C18H23NO2. The SMILES string of the molecule is CCc1ccc(Oc2cccc(C(C)NC)c2)c(OC)c1. The second kappa shape index (κ2) is 7.14. The van der Waals surface area contributed by atoms with Gasteiger partial charge in [-0.05, 0) is 55.8 Å². The Hall–Kier alpha value is -2.00. The Bertz CT molecular complexity index is 596. The van der Waals surface area contributed by atoms with Crippen molar-refractivity contribution < 1.29 is 9.47 Å². The first-order chi connectivity index (χ1) is 10.2. The highest BCUT2D eigenvalue weighted by atomic mass is 16.5. The smallest absolute Gasteiger partial charge is 0.169 e. The molecule has 1 atom stereocenters. The van der Waals surface area contributed by atoms with Gasteiger partial charge in [0.05, 0.1) is 7.11 Å². The predicted molar refractivity (Wildman–Crippen MR) is 86.4 cm³/mol. The molecular weight excluding hydrogens is 262 g/mol. The standard InChI is InChI=1S/C18H23NO2/c1-5-14-9-10-17(18(11-14)20-4)21-16-8-6-7-15(12-16)13(2)19-3/h6-13,19H,5H2,1-4H3. The van der Waals surface area contributed by atoms with Gasteiger partial charge in [-0.2, -0.15) is 0 Å². The number of methoxy groups -OCH3 is 1. The van der Waals surface area contributed by atoms with Gasteiger partial charge in [0.2, 0.25) is 0 Å². The van der Waals surface area contributed by atoms with Crippen molar-refractivity contribution in [3.8, 4) is 17.2 Å². The average Bonchev–Trinajstić information content (AvgIpc) is 2.54. The lowest BCUT2D eigenvalue weighted by Gasteiger charge is -2.14. The number of ether oxygens (including phenoxy) is 2. The van der Waals surface area contributed by atoms with E-state index < -0.39 is 0 Å². The Kier molecular flexibility index (Phi) is 5.23. The van der Waals surface area contributed by atoms with Gasteiger partial charge in [0.15, 0.2) is 11.5 Å². The third-order valence-electron chi connectivity index (χ3n) is 3.66. The van der Waals surface area contributed by atoms with E-state index in [4.69, 9.17) is 9.47 Å². The Morgan fingerprint density at radius 3 is 2.57 bits per heavy atom. The van der Waals surface area contributed by atoms with E-state index >= 15 is 0 Å². The Labute approximate surface area is 126 Å². The molecule has 3 nitrogen and oxygen atoms in total. The van der Waals surface area contributed by atoms with Gasteiger partial charge in [0.25, 0.3) is 0 Å². The van der Waals surface area contributed by atoms with Crippen LogP contribution in [0.25, 0.3) is 0 Å². The van der Waals surface area contributed by atoms with Gasteiger partial charge in [-0.1, -0.05) is 25.1 Å². The summed E-state index contributed by atoms with van der Waals surface area (Å²) in [4.78, 5) is 0. The normalized spacial score (nSPS) is 12.0. The second-order valence-corrected chi connectivity index (χ2v) is 5.02. The maximum atomic E-state index is 5.98. The zero-order valence-corrected chi connectivity index (χ0v) is 13.1. The molecule has 0 aromatic heterocycles. The van der Waals surface area contributed by atoms with Crippen LogP contribution in [-0.2, 0) is 6.42 Å². The zero-order valence-electron chi connectivity index (χ0n) is 13.1. The summed E-state index contributed by atoms with van der Waals surface area (Å²) in [7, 11) is 3.62. The van der Waals surface area contributed by atoms with E-state index in [-0.39, 0.29) is 6.04 Å². The average molecular weight is 285 g/mol. The van der Waals surface area contributed by atoms with Gasteiger partial charge >= 0.3 is 0 Å². The summed E-state index contributed by atoms with van der Waals surface area (Å²) in [6.07, 6.45) is 0.978. The van der Waals surface area contributed by atoms with E-state index in [0.717, 1.165) is 23.7 Å². The molecule has 0 radical (unpaired) electrons. The van der Waals surface area contributed by atoms with E-state index in [1.807, 2.05) is 37.4 Å². The van der Waals surface area contributed by atoms with Gasteiger partial charge in [-0.15, -0.1) is 0 Å². The van der Waals surface area contributed by atoms with E-state index in [2.05, 4.69) is 31.3 Å². The minimum atomic E-state index is 0.290. The van der Waals surface area contributed by atoms with Crippen molar-refractivity contribution in [3.63, 3.8) is 0 Å². The lowest BCUT2D eigenvalue weighted by molar-refractivity contribution is 0.378. The molecule has 0 saturated carbocycles. The van der Waals surface area contributed by atoms with E-state index in [1.54, 1.807) is 7.11 Å². The number of hydrogen-bond acceptors (Lipinski definition) is 3. The van der Waals surface area contributed by atoms with Gasteiger partial charge in [0.1, 0.15) is 5.75 Å². The van der Waals surface area contributed by atoms with Crippen LogP contribution in [0.4, 0.5) is 0 Å². The summed E-state index contributed by atoms with van der Waals surface area (Å²) in [6, 6.07) is 14.4. The summed E-state index contributed by atoms with van der Waals surface area (Å²) in [5.41, 5.74) is 2.43. The number of hydrogen-bond donors (Lipinski definition) is 1. The number of benzene rings is 2. The molecule has 0 heterocycles. The third-order valence-corrected chi connectivity index (χ3v) is 3.66. The zero-order chi connectivity index (χ0) is 15.2. The van der Waals surface area contributed by atoms with Crippen LogP contribution in [0.2, 0.25) is 0 Å². The van der Waals surface area contributed by atoms with Crippen LogP contribution >= 0.6 is 0 Å². The fraction of sp³-hybridized carbons (Fsp3) is 0.333. The monoisotopic (exact) mass is 285 g/mol. The summed E-state index contributed by atoms with van der Waals surface area (Å²) in [6.45, 7) is 4.24. The first kappa shape index (κ1) is 15.4. The fourth-order valence-electron chi connectivity index (χ4n) is 2.16. The molecule has 2 aromatic rings. The maximum Gasteiger partial charge on any atom is 0.169 e. The van der Waals surface area contributed by atoms with Gasteiger partial charge < -0.3 is 14.8 Å². The molecule has 1 unspecified atom stereocenters.